The van der Waals surface area contributed by atoms with E-state index < -0.39 is 5.97 Å². The van der Waals surface area contributed by atoms with Crippen LogP contribution in [0, 0.1) is 13.8 Å². The molecule has 0 radical (unpaired) electrons. The molecule has 0 fully saturated rings. The minimum atomic E-state index is -1.17. The molecule has 0 atom stereocenters. The summed E-state index contributed by atoms with van der Waals surface area (Å²) in [5.74, 6) is -1.17. The highest BCUT2D eigenvalue weighted by atomic mass is 35.5. The Hall–Kier alpha value is -1.68. The highest BCUT2D eigenvalue weighted by Crippen LogP contribution is 2.20. The van der Waals surface area contributed by atoms with Crippen LogP contribution in [0.3, 0.4) is 0 Å². The predicted molar refractivity (Wildman–Crippen MR) is 61.0 cm³/mol. The molecule has 1 N–H and O–H groups in total. The Morgan fingerprint density at radius 3 is 2.19 bits per heavy atom. The van der Waals surface area contributed by atoms with Crippen molar-refractivity contribution in [2.75, 3.05) is 0 Å². The summed E-state index contributed by atoms with van der Waals surface area (Å²) >= 11 is 5.74. The Morgan fingerprint density at radius 2 is 1.69 bits per heavy atom. The van der Waals surface area contributed by atoms with Crippen molar-refractivity contribution in [1.29, 1.82) is 0 Å². The Bertz CT molecular complexity index is 596. The lowest BCUT2D eigenvalue weighted by Gasteiger charge is -2.04. The fourth-order valence-corrected chi connectivity index (χ4v) is 1.64. The molecule has 0 spiro atoms. The van der Waals surface area contributed by atoms with E-state index in [9.17, 15) is 4.79 Å². The zero-order valence-corrected chi connectivity index (χ0v) is 9.54. The zero-order valence-electron chi connectivity index (χ0n) is 8.78. The summed E-state index contributed by atoms with van der Waals surface area (Å²) in [5, 5.41) is 8.78. The third kappa shape index (κ3) is 1.72. The maximum atomic E-state index is 10.8. The van der Waals surface area contributed by atoms with Gasteiger partial charge in [0.05, 0.1) is 11.0 Å². The van der Waals surface area contributed by atoms with Crippen molar-refractivity contribution in [1.82, 2.24) is 9.97 Å². The molecule has 0 saturated carbocycles. The van der Waals surface area contributed by atoms with E-state index in [2.05, 4.69) is 9.97 Å². The van der Waals surface area contributed by atoms with Crippen LogP contribution in [-0.4, -0.2) is 21.0 Å². The van der Waals surface area contributed by atoms with Crippen LogP contribution in [0.1, 0.15) is 21.6 Å². The van der Waals surface area contributed by atoms with Crippen LogP contribution in [0.4, 0.5) is 0 Å². The minimum Gasteiger partial charge on any atom is -0.476 e. The van der Waals surface area contributed by atoms with Crippen LogP contribution in [0.2, 0.25) is 5.15 Å². The number of carboxylic acids is 1. The first kappa shape index (κ1) is 10.8. The molecular formula is C11H9ClN2O2. The number of hydrogen-bond donors (Lipinski definition) is 1. The third-order valence-corrected chi connectivity index (χ3v) is 2.70. The molecule has 1 aromatic heterocycles. The molecule has 5 heteroatoms. The topological polar surface area (TPSA) is 63.1 Å². The van der Waals surface area contributed by atoms with Crippen molar-refractivity contribution < 1.29 is 9.90 Å². The van der Waals surface area contributed by atoms with Gasteiger partial charge in [-0.05, 0) is 37.1 Å². The van der Waals surface area contributed by atoms with E-state index in [1.54, 1.807) is 6.07 Å². The molecule has 1 heterocycles. The number of halogens is 1. The monoisotopic (exact) mass is 236 g/mol. The number of aromatic carboxylic acids is 1. The summed E-state index contributed by atoms with van der Waals surface area (Å²) < 4.78 is 0. The number of aryl methyl sites for hydroxylation is 2. The van der Waals surface area contributed by atoms with Crippen molar-refractivity contribution in [2.24, 2.45) is 0 Å². The minimum absolute atomic E-state index is 0.0803. The maximum Gasteiger partial charge on any atom is 0.357 e. The first-order valence-corrected chi connectivity index (χ1v) is 5.04. The van der Waals surface area contributed by atoms with E-state index >= 15 is 0 Å². The zero-order chi connectivity index (χ0) is 11.9. The number of benzene rings is 1. The van der Waals surface area contributed by atoms with Gasteiger partial charge >= 0.3 is 5.97 Å². The molecule has 4 nitrogen and oxygen atoms in total. The Labute approximate surface area is 96.9 Å². The van der Waals surface area contributed by atoms with Gasteiger partial charge in [-0.3, -0.25) is 0 Å². The fraction of sp³-hybridized carbons (Fsp3) is 0.182. The Morgan fingerprint density at radius 1 is 1.19 bits per heavy atom. The quantitative estimate of drug-likeness (QED) is 0.827. The first-order valence-electron chi connectivity index (χ1n) is 4.67. The first-order chi connectivity index (χ1) is 7.49. The average molecular weight is 237 g/mol. The van der Waals surface area contributed by atoms with Gasteiger partial charge in [-0.15, -0.1) is 0 Å². The molecule has 2 rings (SSSR count). The molecule has 0 aliphatic rings. The summed E-state index contributed by atoms with van der Waals surface area (Å²) in [4.78, 5) is 18.8. The molecule has 0 aliphatic carbocycles. The van der Waals surface area contributed by atoms with Crippen molar-refractivity contribution in [2.45, 2.75) is 13.8 Å². The van der Waals surface area contributed by atoms with Gasteiger partial charge in [0, 0.05) is 0 Å². The van der Waals surface area contributed by atoms with E-state index in [1.807, 2.05) is 19.9 Å². The Kier molecular flexibility index (Phi) is 2.52. The summed E-state index contributed by atoms with van der Waals surface area (Å²) in [6.07, 6.45) is 0. The van der Waals surface area contributed by atoms with Crippen LogP contribution in [0.5, 0.6) is 0 Å². The molecule has 0 aliphatic heterocycles. The lowest BCUT2D eigenvalue weighted by atomic mass is 10.1. The van der Waals surface area contributed by atoms with E-state index in [0.717, 1.165) is 11.1 Å². The molecule has 16 heavy (non-hydrogen) atoms. The number of aromatic nitrogens is 2. The predicted octanol–water partition coefficient (Wildman–Crippen LogP) is 2.60. The molecule has 1 aromatic carbocycles. The lowest BCUT2D eigenvalue weighted by Crippen LogP contribution is -2.03. The van der Waals surface area contributed by atoms with Crippen LogP contribution in [-0.2, 0) is 0 Å². The molecule has 2 aromatic rings. The average Bonchev–Trinajstić information content (AvgIpc) is 2.19. The van der Waals surface area contributed by atoms with Crippen molar-refractivity contribution in [3.8, 4) is 0 Å². The number of carbonyl (C=O) groups is 1. The lowest BCUT2D eigenvalue weighted by molar-refractivity contribution is 0.0690. The van der Waals surface area contributed by atoms with Gasteiger partial charge < -0.3 is 5.11 Å². The highest BCUT2D eigenvalue weighted by Gasteiger charge is 2.13. The number of nitrogens with zero attached hydrogens (tertiary/aromatic N) is 2. The van der Waals surface area contributed by atoms with Gasteiger partial charge in [-0.25, -0.2) is 14.8 Å². The SMILES string of the molecule is Cc1cc2nc(Cl)c(C(=O)O)nc2cc1C. The van der Waals surface area contributed by atoms with E-state index in [-0.39, 0.29) is 10.8 Å². The van der Waals surface area contributed by atoms with Gasteiger partial charge in [-0.2, -0.15) is 0 Å². The van der Waals surface area contributed by atoms with Crippen LogP contribution >= 0.6 is 11.6 Å². The third-order valence-electron chi connectivity index (χ3n) is 2.44. The molecule has 0 saturated heterocycles. The van der Waals surface area contributed by atoms with Crippen LogP contribution in [0.25, 0.3) is 11.0 Å². The largest absolute Gasteiger partial charge is 0.476 e. The number of fused-ring (bicyclic) bond motifs is 1. The van der Waals surface area contributed by atoms with Crippen molar-refractivity contribution >= 4 is 28.6 Å². The second kappa shape index (κ2) is 3.72. The number of rotatable bonds is 1. The summed E-state index contributed by atoms with van der Waals surface area (Å²) in [7, 11) is 0. The smallest absolute Gasteiger partial charge is 0.357 e. The summed E-state index contributed by atoms with van der Waals surface area (Å²) in [6.45, 7) is 3.89. The molecule has 82 valence electrons. The van der Waals surface area contributed by atoms with Gasteiger partial charge in [0.15, 0.2) is 10.8 Å². The van der Waals surface area contributed by atoms with E-state index in [4.69, 9.17) is 16.7 Å². The summed E-state index contributed by atoms with van der Waals surface area (Å²) in [5.41, 5.74) is 3.06. The molecule has 0 bridgehead atoms. The Balaban J connectivity index is 2.79. The van der Waals surface area contributed by atoms with Gasteiger partial charge in [0.25, 0.3) is 0 Å². The fourth-order valence-electron chi connectivity index (χ4n) is 1.43. The molecule has 0 unspecified atom stereocenters. The normalized spacial score (nSPS) is 10.7. The van der Waals surface area contributed by atoms with Crippen LogP contribution < -0.4 is 0 Å². The standard InChI is InChI=1S/C11H9ClN2O2/c1-5-3-7-8(4-6(5)2)14-10(12)9(13-7)11(15)16/h3-4H,1-2H3,(H,15,16). The second-order valence-electron chi connectivity index (χ2n) is 3.59. The highest BCUT2D eigenvalue weighted by molar-refractivity contribution is 6.32. The van der Waals surface area contributed by atoms with Crippen LogP contribution in [0.15, 0.2) is 12.1 Å². The number of hydrogen-bond acceptors (Lipinski definition) is 3. The van der Waals surface area contributed by atoms with E-state index in [0.29, 0.717) is 11.0 Å². The van der Waals surface area contributed by atoms with Gasteiger partial charge in [0.2, 0.25) is 0 Å². The second-order valence-corrected chi connectivity index (χ2v) is 3.95. The molecule has 0 amide bonds. The van der Waals surface area contributed by atoms with Gasteiger partial charge in [-0.1, -0.05) is 11.6 Å². The van der Waals surface area contributed by atoms with Crippen molar-refractivity contribution in [3.63, 3.8) is 0 Å². The maximum absolute atomic E-state index is 10.8. The number of carboxylic acid groups (broad SMARTS) is 1. The summed E-state index contributed by atoms with van der Waals surface area (Å²) in [6, 6.07) is 3.65. The molecular weight excluding hydrogens is 228 g/mol. The van der Waals surface area contributed by atoms with Gasteiger partial charge in [0.1, 0.15) is 0 Å². The van der Waals surface area contributed by atoms with Crippen molar-refractivity contribution in [3.05, 3.63) is 34.1 Å². The van der Waals surface area contributed by atoms with E-state index in [1.165, 1.54) is 0 Å².